The van der Waals surface area contributed by atoms with Crippen molar-refractivity contribution in [3.63, 3.8) is 0 Å². The van der Waals surface area contributed by atoms with E-state index in [2.05, 4.69) is 22.5 Å². The molecule has 98 valence electrons. The Balaban J connectivity index is 2.45. The van der Waals surface area contributed by atoms with Crippen LogP contribution in [0, 0.1) is 0 Å². The molecule has 2 rings (SSSR count). The molecule has 0 N–H and O–H groups in total. The number of aryl methyl sites for hydroxylation is 1. The summed E-state index contributed by atoms with van der Waals surface area (Å²) in [7, 11) is 0. The molecule has 0 unspecified atom stereocenters. The molecule has 0 amide bonds. The maximum absolute atomic E-state index is 5.95. The number of fused-ring (bicyclic) bond motifs is 1. The van der Waals surface area contributed by atoms with Gasteiger partial charge in [-0.3, -0.25) is 0 Å². The van der Waals surface area contributed by atoms with Crippen molar-refractivity contribution >= 4 is 22.6 Å². The summed E-state index contributed by atoms with van der Waals surface area (Å²) in [5.74, 6) is 2.23. The third kappa shape index (κ3) is 2.61. The number of hydrogen-bond donors (Lipinski definition) is 0. The summed E-state index contributed by atoms with van der Waals surface area (Å²) in [5.41, 5.74) is 2.08. The Hall–Kier alpha value is -1.22. The topological polar surface area (TPSA) is 27.1 Å². The van der Waals surface area contributed by atoms with Gasteiger partial charge >= 0.3 is 0 Å². The van der Waals surface area contributed by atoms with E-state index in [4.69, 9.17) is 16.3 Å². The fourth-order valence-corrected chi connectivity index (χ4v) is 2.28. The summed E-state index contributed by atoms with van der Waals surface area (Å²) in [5, 5.41) is 0. The van der Waals surface area contributed by atoms with Crippen LogP contribution in [0.5, 0.6) is 5.75 Å². The fourth-order valence-electron chi connectivity index (χ4n) is 2.08. The van der Waals surface area contributed by atoms with E-state index in [0.717, 1.165) is 35.6 Å². The van der Waals surface area contributed by atoms with Crippen LogP contribution in [-0.2, 0) is 12.4 Å². The Morgan fingerprint density at radius 1 is 1.39 bits per heavy atom. The molecule has 1 aromatic heterocycles. The summed E-state index contributed by atoms with van der Waals surface area (Å²) in [4.78, 5) is 4.57. The Morgan fingerprint density at radius 3 is 2.78 bits per heavy atom. The molecule has 0 fully saturated rings. The predicted octanol–water partition coefficient (Wildman–Crippen LogP) is 3.97. The van der Waals surface area contributed by atoms with Crippen molar-refractivity contribution in [3.8, 4) is 5.75 Å². The summed E-state index contributed by atoms with van der Waals surface area (Å²) >= 11 is 5.95. The van der Waals surface area contributed by atoms with E-state index >= 15 is 0 Å². The summed E-state index contributed by atoms with van der Waals surface area (Å²) < 4.78 is 7.86. The van der Waals surface area contributed by atoms with Gasteiger partial charge in [-0.05, 0) is 32.4 Å². The van der Waals surface area contributed by atoms with E-state index in [1.165, 1.54) is 0 Å². The summed E-state index contributed by atoms with van der Waals surface area (Å²) in [6.07, 6.45) is 1.24. The van der Waals surface area contributed by atoms with Crippen LogP contribution in [0.25, 0.3) is 11.0 Å². The minimum absolute atomic E-state index is 0.174. The maximum Gasteiger partial charge on any atom is 0.124 e. The van der Waals surface area contributed by atoms with Gasteiger partial charge in [0.1, 0.15) is 11.6 Å². The number of benzene rings is 1. The van der Waals surface area contributed by atoms with Gasteiger partial charge in [-0.25, -0.2) is 4.98 Å². The van der Waals surface area contributed by atoms with E-state index in [9.17, 15) is 0 Å². The lowest BCUT2D eigenvalue weighted by Crippen LogP contribution is -2.05. The first kappa shape index (κ1) is 13.2. The molecular weight excluding hydrogens is 248 g/mol. The number of ether oxygens (including phenoxy) is 1. The maximum atomic E-state index is 5.95. The molecule has 0 saturated heterocycles. The monoisotopic (exact) mass is 266 g/mol. The summed E-state index contributed by atoms with van der Waals surface area (Å²) in [6.45, 7) is 7.14. The molecule has 0 aliphatic carbocycles. The number of rotatable bonds is 5. The van der Waals surface area contributed by atoms with Crippen molar-refractivity contribution < 1.29 is 4.74 Å². The first-order chi connectivity index (χ1) is 8.65. The number of nitrogens with zero attached hydrogens (tertiary/aromatic N) is 2. The number of aromatic nitrogens is 2. The third-order valence-electron chi connectivity index (χ3n) is 2.74. The van der Waals surface area contributed by atoms with Gasteiger partial charge in [0.25, 0.3) is 0 Å². The molecule has 0 aliphatic rings. The van der Waals surface area contributed by atoms with Crippen LogP contribution in [0.1, 0.15) is 33.0 Å². The molecular formula is C14H19ClN2O. The van der Waals surface area contributed by atoms with Crippen LogP contribution >= 0.6 is 11.6 Å². The molecule has 0 saturated carbocycles. The van der Waals surface area contributed by atoms with Crippen LogP contribution in [0.3, 0.4) is 0 Å². The van der Waals surface area contributed by atoms with E-state index in [1.54, 1.807) is 0 Å². The SMILES string of the molecule is CCCn1c(CCl)nc2cc(OC(C)C)ccc21. The molecule has 1 aromatic carbocycles. The van der Waals surface area contributed by atoms with E-state index < -0.39 is 0 Å². The Morgan fingerprint density at radius 2 is 2.17 bits per heavy atom. The smallest absolute Gasteiger partial charge is 0.124 e. The van der Waals surface area contributed by atoms with Gasteiger partial charge in [-0.2, -0.15) is 0 Å². The molecule has 0 spiro atoms. The van der Waals surface area contributed by atoms with Crippen molar-refractivity contribution in [3.05, 3.63) is 24.0 Å². The van der Waals surface area contributed by atoms with E-state index in [1.807, 2.05) is 26.0 Å². The summed E-state index contributed by atoms with van der Waals surface area (Å²) in [6, 6.07) is 6.04. The van der Waals surface area contributed by atoms with Gasteiger partial charge in [-0.15, -0.1) is 11.6 Å². The average molecular weight is 267 g/mol. The second-order valence-corrected chi connectivity index (χ2v) is 4.90. The van der Waals surface area contributed by atoms with Gasteiger partial charge in [0, 0.05) is 12.6 Å². The number of alkyl halides is 1. The Kier molecular flexibility index (Phi) is 4.12. The van der Waals surface area contributed by atoms with Gasteiger partial charge in [-0.1, -0.05) is 6.92 Å². The van der Waals surface area contributed by atoms with Crippen molar-refractivity contribution in [1.29, 1.82) is 0 Å². The van der Waals surface area contributed by atoms with Crippen LogP contribution in [0.15, 0.2) is 18.2 Å². The quantitative estimate of drug-likeness (QED) is 0.766. The zero-order chi connectivity index (χ0) is 13.1. The Bertz CT molecular complexity index is 534. The largest absolute Gasteiger partial charge is 0.491 e. The lowest BCUT2D eigenvalue weighted by Gasteiger charge is -2.09. The predicted molar refractivity (Wildman–Crippen MR) is 75.3 cm³/mol. The number of hydrogen-bond acceptors (Lipinski definition) is 2. The first-order valence-electron chi connectivity index (χ1n) is 6.37. The zero-order valence-corrected chi connectivity index (χ0v) is 11.9. The lowest BCUT2D eigenvalue weighted by atomic mass is 10.3. The van der Waals surface area contributed by atoms with E-state index in [-0.39, 0.29) is 6.10 Å². The highest BCUT2D eigenvalue weighted by Crippen LogP contribution is 2.23. The highest BCUT2D eigenvalue weighted by atomic mass is 35.5. The number of halogens is 1. The van der Waals surface area contributed by atoms with Crippen molar-refractivity contribution in [1.82, 2.24) is 9.55 Å². The average Bonchev–Trinajstić information content (AvgIpc) is 2.66. The van der Waals surface area contributed by atoms with Crippen LogP contribution < -0.4 is 4.74 Å². The first-order valence-corrected chi connectivity index (χ1v) is 6.91. The standard InChI is InChI=1S/C14H19ClN2O/c1-4-7-17-13-6-5-11(18-10(2)3)8-12(13)16-14(17)9-15/h5-6,8,10H,4,7,9H2,1-3H3. The van der Waals surface area contributed by atoms with Crippen molar-refractivity contribution in [2.24, 2.45) is 0 Å². The normalized spacial score (nSPS) is 11.4. The molecule has 4 heteroatoms. The minimum Gasteiger partial charge on any atom is -0.491 e. The van der Waals surface area contributed by atoms with Crippen LogP contribution in [0.2, 0.25) is 0 Å². The lowest BCUT2D eigenvalue weighted by molar-refractivity contribution is 0.242. The van der Waals surface area contributed by atoms with Gasteiger partial charge in [0.05, 0.1) is 23.0 Å². The highest BCUT2D eigenvalue weighted by molar-refractivity contribution is 6.16. The molecule has 1 heterocycles. The zero-order valence-electron chi connectivity index (χ0n) is 11.1. The molecule has 0 aliphatic heterocycles. The molecule has 18 heavy (non-hydrogen) atoms. The van der Waals surface area contributed by atoms with Crippen LogP contribution in [-0.4, -0.2) is 15.7 Å². The molecule has 3 nitrogen and oxygen atoms in total. The van der Waals surface area contributed by atoms with Crippen molar-refractivity contribution in [2.75, 3.05) is 0 Å². The molecule has 2 aromatic rings. The number of imidazole rings is 1. The molecule has 0 atom stereocenters. The van der Waals surface area contributed by atoms with Gasteiger partial charge in [0.15, 0.2) is 0 Å². The third-order valence-corrected chi connectivity index (χ3v) is 2.98. The second kappa shape index (κ2) is 5.61. The molecule has 0 bridgehead atoms. The van der Waals surface area contributed by atoms with Crippen LogP contribution in [0.4, 0.5) is 0 Å². The fraction of sp³-hybridized carbons (Fsp3) is 0.500. The van der Waals surface area contributed by atoms with E-state index in [0.29, 0.717) is 5.88 Å². The minimum atomic E-state index is 0.174. The van der Waals surface area contributed by atoms with Gasteiger partial charge < -0.3 is 9.30 Å². The highest BCUT2D eigenvalue weighted by Gasteiger charge is 2.10. The van der Waals surface area contributed by atoms with Crippen molar-refractivity contribution in [2.45, 2.75) is 45.7 Å². The Labute approximate surface area is 113 Å². The molecule has 0 radical (unpaired) electrons. The second-order valence-electron chi connectivity index (χ2n) is 4.63. The van der Waals surface area contributed by atoms with Gasteiger partial charge in [0.2, 0.25) is 0 Å².